The minimum absolute atomic E-state index is 0.197. The van der Waals surface area contributed by atoms with Crippen molar-refractivity contribution in [2.24, 2.45) is 0 Å². The zero-order chi connectivity index (χ0) is 101. The standard InChI is InChI=1S/C31H32N2O4.C30H36N2O4.C29H32N2O6.C28H30Cl2N2O4/c1-2-26-18-32-31(36-26)30-17-27-28(8-5-9-29(27)37-30)35-20-25(34)19-33-14-12-22(13-15-33)24-11-10-21-6-3-4-7-23(21)16-24;1-19(2)29-16-31-30(36-29)28-15-25-26(6-5-7-27(25)35-28)34-18-24(33)17-32-12-10-22(11-13-32)23-9-8-20(3)21(4)14-23;1-18(2)28-14-30-29(37-28)27-13-22-23(4-3-5-24(22)36-27)33-16-21(32)15-31-10-8-19(9-11-31)20-6-7-25-26(12-20)35-17-34-25;1-17(2)27-14-31-28(36-27)26-13-21-24(4-3-5-25(21)35-26)34-16-20(33)15-32-10-8-18(9-11-32)19-6-7-22(29)23(30)12-19/h3-11,16-18,22,25,34H,2,12-15,19-20H2,1H3;5-9,14-16,19,22,24,33H,10-13,17-18H2,1-4H3;3-7,12-14,18-19,21,32H,8-11,15-17H2,1-2H3;3-7,12-14,17-18,20,33H,8-11,15-16H2,1-2H3/t25-;24-;21-;20-/m0000/s1. The van der Waals surface area contributed by atoms with Crippen molar-refractivity contribution in [3.63, 3.8) is 0 Å². The first-order chi connectivity index (χ1) is 70.9. The zero-order valence-electron chi connectivity index (χ0n) is 84.4. The summed E-state index contributed by atoms with van der Waals surface area (Å²) in [6.07, 6.45) is 13.9. The van der Waals surface area contributed by atoms with Crippen molar-refractivity contribution >= 4 is 77.9 Å². The van der Waals surface area contributed by atoms with Crippen LogP contribution in [0.25, 0.3) is 101 Å². The molecule has 17 aromatic rings. The van der Waals surface area contributed by atoms with Crippen LogP contribution in [0.1, 0.15) is 198 Å². The Hall–Kier alpha value is -12.7. The van der Waals surface area contributed by atoms with Crippen molar-refractivity contribution in [1.82, 2.24) is 39.5 Å². The quantitative estimate of drug-likeness (QED) is 0.0304. The number of rotatable bonds is 32. The first-order valence-corrected chi connectivity index (χ1v) is 52.2. The molecule has 0 radical (unpaired) electrons. The second kappa shape index (κ2) is 47.0. The van der Waals surface area contributed by atoms with Crippen LogP contribution in [0.5, 0.6) is 34.5 Å². The van der Waals surface area contributed by atoms with Crippen molar-refractivity contribution in [3.05, 3.63) is 285 Å². The number of aliphatic hydroxyl groups is 4. The topological polar surface area (TPSA) is 306 Å². The highest BCUT2D eigenvalue weighted by atomic mass is 35.5. The summed E-state index contributed by atoms with van der Waals surface area (Å²) in [4.78, 5) is 26.6. The molecule has 4 atom stereocenters. The number of halogens is 2. The van der Waals surface area contributed by atoms with Crippen molar-refractivity contribution in [2.75, 3.05) is 112 Å². The Labute approximate surface area is 860 Å². The second-order valence-corrected chi connectivity index (χ2v) is 41.0. The van der Waals surface area contributed by atoms with E-state index in [0.717, 1.165) is 166 Å². The van der Waals surface area contributed by atoms with Crippen molar-refractivity contribution in [3.8, 4) is 81.1 Å². The van der Waals surface area contributed by atoms with Gasteiger partial charge in [-0.15, -0.1) is 0 Å². The maximum atomic E-state index is 10.7. The molecule has 5 aliphatic rings. The predicted molar refractivity (Wildman–Crippen MR) is 567 cm³/mol. The van der Waals surface area contributed by atoms with Crippen LogP contribution in [-0.4, -0.2) is 196 Å². The monoisotopic (exact) mass is 2020 g/mol. The summed E-state index contributed by atoms with van der Waals surface area (Å²) in [6, 6.07) is 64.6. The van der Waals surface area contributed by atoms with Gasteiger partial charge in [0.15, 0.2) is 34.5 Å². The number of aryl methyl sites for hydroxylation is 3. The average molecular weight is 2020 g/mol. The van der Waals surface area contributed by atoms with E-state index in [2.05, 4.69) is 174 Å². The molecule has 8 aromatic heterocycles. The molecular formula is C118H130Cl2N8O18. The van der Waals surface area contributed by atoms with Crippen molar-refractivity contribution in [2.45, 2.75) is 186 Å². The molecule has 0 saturated carbocycles. The SMILES string of the molecule is CC(C)c1cnc(-c2cc3c(OC[C@@H](O)CN4CCC(c5ccc(Cl)c(Cl)c5)CC4)cccc3o2)o1.CC(C)c1cnc(-c2cc3c(OC[C@@H](O)CN4CCC(c5ccc6c(c5)OCO6)CC4)cccc3o2)o1.CCc1cnc(-c2cc3c(OC[C@@H](O)CN4CCC(c5ccc6ccccc6c5)CC4)cccc3o2)o1.Cc1ccc(C2CCN(C[C@H](O)COc3cccc4oc(-c5ncc(C(C)C)o5)cc34)CC2)cc1C. The normalized spacial score (nSPS) is 16.3. The van der Waals surface area contributed by atoms with E-state index in [1.165, 1.54) is 44.2 Å². The largest absolute Gasteiger partial charge is 0.490 e. The summed E-state index contributed by atoms with van der Waals surface area (Å²) < 4.78 is 82.2. The summed E-state index contributed by atoms with van der Waals surface area (Å²) in [5.41, 5.74) is 10.9. The van der Waals surface area contributed by atoms with Gasteiger partial charge in [0, 0.05) is 74.6 Å². The number of likely N-dealkylation sites (tertiary alicyclic amines) is 4. The van der Waals surface area contributed by atoms with Crippen LogP contribution >= 0.6 is 23.2 Å². The summed E-state index contributed by atoms with van der Waals surface area (Å²) in [7, 11) is 0. The summed E-state index contributed by atoms with van der Waals surface area (Å²) in [5, 5.41) is 50.0. The number of aromatic nitrogens is 4. The van der Waals surface area contributed by atoms with Gasteiger partial charge in [0.2, 0.25) is 6.79 Å². The molecule has 4 N–H and O–H groups in total. The number of nitrogens with zero attached hydrogens (tertiary/aromatic N) is 8. The van der Waals surface area contributed by atoms with E-state index in [1.807, 2.05) is 122 Å². The van der Waals surface area contributed by atoms with Gasteiger partial charge in [0.1, 0.15) is 119 Å². The molecule has 26 nitrogen and oxygen atoms in total. The number of aliphatic hydroxyl groups excluding tert-OH is 4. The smallest absolute Gasteiger partial charge is 0.263 e. The van der Waals surface area contributed by atoms with E-state index in [0.29, 0.717) is 159 Å². The van der Waals surface area contributed by atoms with Crippen molar-refractivity contribution < 1.29 is 84.2 Å². The van der Waals surface area contributed by atoms with Gasteiger partial charge in [0.05, 0.1) is 56.4 Å². The van der Waals surface area contributed by atoms with Crippen LogP contribution < -0.4 is 28.4 Å². The predicted octanol–water partition coefficient (Wildman–Crippen LogP) is 25.6. The number of oxazole rings is 4. The Bertz CT molecular complexity index is 6990. The Kier molecular flexibility index (Phi) is 32.8. The van der Waals surface area contributed by atoms with Gasteiger partial charge in [-0.25, -0.2) is 19.9 Å². The fraction of sp³-hybridized carbons (Fsp3) is 0.390. The Morgan fingerprint density at radius 3 is 1.03 bits per heavy atom. The maximum absolute atomic E-state index is 10.7. The van der Waals surface area contributed by atoms with Gasteiger partial charge in [-0.3, -0.25) is 0 Å². The molecule has 0 amide bonds. The molecular weight excluding hydrogens is 1890 g/mol. The maximum Gasteiger partial charge on any atom is 0.263 e. The molecule has 5 aliphatic heterocycles. The number of β-amino-alcohol motifs (C(OH)–C–C–N with tert-alkyl or cyclic N) is 4. The molecule has 0 unspecified atom stereocenters. The molecule has 0 bridgehead atoms. The number of piperidine rings is 4. The zero-order valence-corrected chi connectivity index (χ0v) is 85.9. The van der Waals surface area contributed by atoms with E-state index in [4.69, 9.17) is 87.0 Å². The number of ether oxygens (including phenoxy) is 6. The lowest BCUT2D eigenvalue weighted by molar-refractivity contribution is 0.0598. The third-order valence-electron chi connectivity index (χ3n) is 28.6. The average Bonchev–Trinajstić information content (AvgIpc) is 1.62. The Balaban J connectivity index is 0.000000123. The first kappa shape index (κ1) is 102. The summed E-state index contributed by atoms with van der Waals surface area (Å²) >= 11 is 12.2. The van der Waals surface area contributed by atoms with Gasteiger partial charge >= 0.3 is 0 Å². The van der Waals surface area contributed by atoms with E-state index in [1.54, 1.807) is 24.8 Å². The van der Waals surface area contributed by atoms with E-state index in [9.17, 15) is 20.4 Å². The van der Waals surface area contributed by atoms with Crippen LogP contribution in [0.4, 0.5) is 0 Å². The molecule has 0 aliphatic carbocycles. The highest BCUT2D eigenvalue weighted by Gasteiger charge is 2.32. The number of hydrogen-bond donors (Lipinski definition) is 4. The summed E-state index contributed by atoms with van der Waals surface area (Å²) in [5.74, 6) is 14.6. The third kappa shape index (κ3) is 25.1. The van der Waals surface area contributed by atoms with Crippen molar-refractivity contribution in [1.29, 1.82) is 0 Å². The van der Waals surface area contributed by atoms with Crippen LogP contribution in [-0.2, 0) is 6.42 Å². The number of hydrogen-bond acceptors (Lipinski definition) is 26. The third-order valence-corrected chi connectivity index (χ3v) is 29.3. The van der Waals surface area contributed by atoms with Crippen LogP contribution in [0.3, 0.4) is 0 Å². The molecule has 4 fully saturated rings. The Morgan fingerprint density at radius 2 is 0.664 bits per heavy atom. The molecule has 0 spiro atoms. The van der Waals surface area contributed by atoms with Crippen LogP contribution in [0.2, 0.25) is 10.0 Å². The molecule has 22 rings (SSSR count). The Morgan fingerprint density at radius 1 is 0.329 bits per heavy atom. The van der Waals surface area contributed by atoms with Crippen LogP contribution in [0, 0.1) is 13.8 Å². The highest BCUT2D eigenvalue weighted by molar-refractivity contribution is 6.42. The van der Waals surface area contributed by atoms with Gasteiger partial charge in [-0.1, -0.05) is 169 Å². The second-order valence-electron chi connectivity index (χ2n) is 40.2. The lowest BCUT2D eigenvalue weighted by Crippen LogP contribution is -2.40. The molecule has 9 aromatic carbocycles. The number of fused-ring (bicyclic) bond motifs is 6. The summed E-state index contributed by atoms with van der Waals surface area (Å²) in [6.45, 7) is 29.9. The number of furan rings is 4. The van der Waals surface area contributed by atoms with E-state index >= 15 is 0 Å². The fourth-order valence-corrected chi connectivity index (χ4v) is 20.3. The minimum atomic E-state index is -0.603. The minimum Gasteiger partial charge on any atom is -0.490 e. The number of benzene rings is 9. The van der Waals surface area contributed by atoms with Gasteiger partial charge < -0.3 is 104 Å². The molecule has 146 heavy (non-hydrogen) atoms. The lowest BCUT2D eigenvalue weighted by atomic mass is 9.88. The molecule has 28 heteroatoms. The van der Waals surface area contributed by atoms with E-state index in [-0.39, 0.29) is 44.2 Å². The highest BCUT2D eigenvalue weighted by Crippen LogP contribution is 2.44. The van der Waals surface area contributed by atoms with E-state index < -0.39 is 24.4 Å². The lowest BCUT2D eigenvalue weighted by Gasteiger charge is -2.33. The molecule has 4 saturated heterocycles. The van der Waals surface area contributed by atoms with Gasteiger partial charge in [0.25, 0.3) is 23.6 Å². The molecule has 13 heterocycles. The van der Waals surface area contributed by atoms with Gasteiger partial charge in [-0.05, 0) is 258 Å². The molecule has 764 valence electrons. The van der Waals surface area contributed by atoms with Gasteiger partial charge in [-0.2, -0.15) is 0 Å². The van der Waals surface area contributed by atoms with Crippen LogP contribution in [0.15, 0.2) is 254 Å². The first-order valence-electron chi connectivity index (χ1n) is 51.4. The fourth-order valence-electron chi connectivity index (χ4n) is 20.0.